The van der Waals surface area contributed by atoms with Crippen LogP contribution in [0, 0.1) is 0 Å². The summed E-state index contributed by atoms with van der Waals surface area (Å²) in [6.45, 7) is 2.25. The predicted octanol–water partition coefficient (Wildman–Crippen LogP) is 13.2. The fourth-order valence-electron chi connectivity index (χ4n) is 8.23. The average Bonchev–Trinajstić information content (AvgIpc) is 3.74. The number of aryl methyl sites for hydroxylation is 2. The first-order valence-electron chi connectivity index (χ1n) is 18.3. The Labute approximate surface area is 342 Å². The molecule has 2 aliphatic rings. The molecule has 4 nitrogen and oxygen atoms in total. The third kappa shape index (κ3) is 8.64. The third-order valence-electron chi connectivity index (χ3n) is 10.7. The van der Waals surface area contributed by atoms with Crippen LogP contribution in [0.5, 0.6) is 0 Å². The molecule has 53 heavy (non-hydrogen) atoms. The molecule has 2 aliphatic carbocycles. The van der Waals surface area contributed by atoms with Gasteiger partial charge < -0.3 is 15.3 Å². The van der Waals surface area contributed by atoms with Gasteiger partial charge >= 0.3 is 0 Å². The van der Waals surface area contributed by atoms with Gasteiger partial charge in [-0.2, -0.15) is 0 Å². The number of nitrogens with one attached hydrogen (secondary N) is 4. The molecule has 2 heterocycles. The normalized spacial score (nSPS) is 16.8. The third-order valence-corrected chi connectivity index (χ3v) is 11.7. The standard InChI is InChI=1S/C25H23BrN2.C20H21BrN2.2ClH/c26-19-14-15-22-21(16-19)20-12-7-13-23(25(20)27-22)28-24(17-8-3-1-4-9-17)18-10-5-2-6-11-18;1-13(14-6-3-2-4-7-14)22-18-9-5-8-17-16-11-10-15(21)12-19(16)23-20(17)18;;/h1-6,8-11,14-16,23-24,27-28H,7,12-13H2;2-4,6-7,10-13,18,22-23H,5,8-9H2,1H3;2*1H/t;13-,18?;;/m.1../s1. The van der Waals surface area contributed by atoms with Crippen molar-refractivity contribution in [3.8, 4) is 0 Å². The minimum Gasteiger partial charge on any atom is -0.357 e. The van der Waals surface area contributed by atoms with Gasteiger partial charge in [-0.3, -0.25) is 5.32 Å². The molecule has 9 rings (SSSR count). The summed E-state index contributed by atoms with van der Waals surface area (Å²) >= 11 is 7.21. The van der Waals surface area contributed by atoms with Crippen LogP contribution in [-0.2, 0) is 12.8 Å². The van der Waals surface area contributed by atoms with Crippen LogP contribution >= 0.6 is 56.7 Å². The van der Waals surface area contributed by atoms with Gasteiger partial charge in [0.15, 0.2) is 0 Å². The van der Waals surface area contributed by atoms with Crippen LogP contribution in [0.2, 0.25) is 0 Å². The number of aromatic nitrogens is 2. The average molecular weight is 874 g/mol. The van der Waals surface area contributed by atoms with Crippen molar-refractivity contribution < 1.29 is 0 Å². The first kappa shape index (κ1) is 39.3. The van der Waals surface area contributed by atoms with Gasteiger partial charge in [-0.15, -0.1) is 24.8 Å². The van der Waals surface area contributed by atoms with Crippen LogP contribution in [-0.4, -0.2) is 9.97 Å². The van der Waals surface area contributed by atoms with E-state index in [4.69, 9.17) is 0 Å². The molecule has 0 saturated heterocycles. The van der Waals surface area contributed by atoms with Crippen LogP contribution in [0.25, 0.3) is 21.8 Å². The maximum atomic E-state index is 3.98. The van der Waals surface area contributed by atoms with Crippen LogP contribution in [0.4, 0.5) is 0 Å². The van der Waals surface area contributed by atoms with Gasteiger partial charge in [0.25, 0.3) is 0 Å². The van der Waals surface area contributed by atoms with Crippen molar-refractivity contribution in [3.05, 3.63) is 176 Å². The van der Waals surface area contributed by atoms with E-state index in [1.54, 1.807) is 0 Å². The molecular weight excluding hydrogens is 827 g/mol. The van der Waals surface area contributed by atoms with E-state index in [1.807, 2.05) is 0 Å². The summed E-state index contributed by atoms with van der Waals surface area (Å²) in [6, 6.07) is 46.6. The molecule has 2 aromatic heterocycles. The number of fused-ring (bicyclic) bond motifs is 6. The van der Waals surface area contributed by atoms with Crippen LogP contribution in [0.15, 0.2) is 136 Å². The summed E-state index contributed by atoms with van der Waals surface area (Å²) < 4.78 is 2.27. The molecular formula is C45H46Br2Cl2N4. The molecule has 2 unspecified atom stereocenters. The number of aromatic amines is 2. The molecule has 0 spiro atoms. The van der Waals surface area contributed by atoms with Gasteiger partial charge in [0.2, 0.25) is 0 Å². The van der Waals surface area contributed by atoms with E-state index < -0.39 is 0 Å². The van der Waals surface area contributed by atoms with Gasteiger partial charge in [-0.25, -0.2) is 0 Å². The Hall–Kier alpha value is -3.36. The maximum Gasteiger partial charge on any atom is 0.0581 e. The van der Waals surface area contributed by atoms with E-state index in [1.165, 1.54) is 86.7 Å². The van der Waals surface area contributed by atoms with Crippen molar-refractivity contribution in [2.75, 3.05) is 0 Å². The summed E-state index contributed by atoms with van der Waals surface area (Å²) in [7, 11) is 0. The summed E-state index contributed by atoms with van der Waals surface area (Å²) in [5.41, 5.74) is 12.1. The topological polar surface area (TPSA) is 55.6 Å². The monoisotopic (exact) mass is 870 g/mol. The second-order valence-corrected chi connectivity index (χ2v) is 15.9. The highest BCUT2D eigenvalue weighted by atomic mass is 79.9. The summed E-state index contributed by atoms with van der Waals surface area (Å²) in [5, 5.41) is 10.5. The van der Waals surface area contributed by atoms with Crippen LogP contribution in [0.3, 0.4) is 0 Å². The quantitative estimate of drug-likeness (QED) is 0.129. The van der Waals surface area contributed by atoms with Gasteiger partial charge in [-0.05, 0) is 104 Å². The molecule has 8 heteroatoms. The van der Waals surface area contributed by atoms with Crippen molar-refractivity contribution >= 4 is 78.5 Å². The van der Waals surface area contributed by atoms with Crippen molar-refractivity contribution in [3.63, 3.8) is 0 Å². The number of rotatable bonds is 7. The van der Waals surface area contributed by atoms with E-state index in [0.717, 1.165) is 21.8 Å². The zero-order valence-corrected chi connectivity index (χ0v) is 34.6. The fourth-order valence-corrected chi connectivity index (χ4v) is 8.95. The zero-order chi connectivity index (χ0) is 34.7. The van der Waals surface area contributed by atoms with E-state index in [0.29, 0.717) is 18.1 Å². The Morgan fingerprint density at radius 1 is 0.547 bits per heavy atom. The number of hydrogen-bond donors (Lipinski definition) is 4. The van der Waals surface area contributed by atoms with Gasteiger partial charge in [0.05, 0.1) is 6.04 Å². The fraction of sp³-hybridized carbons (Fsp3) is 0.244. The lowest BCUT2D eigenvalue weighted by molar-refractivity contribution is 0.410. The molecule has 274 valence electrons. The molecule has 0 bridgehead atoms. The number of halogens is 4. The predicted molar refractivity (Wildman–Crippen MR) is 234 cm³/mol. The second-order valence-electron chi connectivity index (χ2n) is 14.0. The van der Waals surface area contributed by atoms with E-state index >= 15 is 0 Å². The van der Waals surface area contributed by atoms with Crippen molar-refractivity contribution in [1.82, 2.24) is 20.6 Å². The van der Waals surface area contributed by atoms with Gasteiger partial charge in [0, 0.05) is 60.3 Å². The Kier molecular flexibility index (Phi) is 13.2. The number of H-pyrrole nitrogens is 2. The number of hydrogen-bond acceptors (Lipinski definition) is 2. The lowest BCUT2D eigenvalue weighted by Gasteiger charge is -2.29. The Morgan fingerprint density at radius 3 is 1.64 bits per heavy atom. The largest absolute Gasteiger partial charge is 0.357 e. The number of benzene rings is 5. The Balaban J connectivity index is 0.000000178. The Bertz CT molecular complexity index is 2200. The molecule has 4 N–H and O–H groups in total. The lowest BCUT2D eigenvalue weighted by atomic mass is 9.89. The minimum atomic E-state index is 0. The highest BCUT2D eigenvalue weighted by Gasteiger charge is 2.28. The van der Waals surface area contributed by atoms with Crippen LogP contribution in [0.1, 0.15) is 96.0 Å². The van der Waals surface area contributed by atoms with Crippen molar-refractivity contribution in [1.29, 1.82) is 0 Å². The van der Waals surface area contributed by atoms with Gasteiger partial charge in [0.1, 0.15) is 0 Å². The van der Waals surface area contributed by atoms with Gasteiger partial charge in [-0.1, -0.05) is 129 Å². The maximum absolute atomic E-state index is 3.98. The van der Waals surface area contributed by atoms with Crippen LogP contribution < -0.4 is 10.6 Å². The van der Waals surface area contributed by atoms with E-state index in [2.05, 4.69) is 187 Å². The zero-order valence-electron chi connectivity index (χ0n) is 29.7. The highest BCUT2D eigenvalue weighted by molar-refractivity contribution is 9.10. The Morgan fingerprint density at radius 2 is 1.04 bits per heavy atom. The molecule has 0 saturated carbocycles. The molecule has 0 aliphatic heterocycles. The molecule has 0 fully saturated rings. The minimum absolute atomic E-state index is 0. The lowest BCUT2D eigenvalue weighted by Crippen LogP contribution is -2.30. The van der Waals surface area contributed by atoms with Crippen molar-refractivity contribution in [2.45, 2.75) is 69.6 Å². The molecule has 5 aromatic carbocycles. The molecule has 7 aromatic rings. The molecule has 3 atom stereocenters. The second kappa shape index (κ2) is 17.9. The van der Waals surface area contributed by atoms with Crippen molar-refractivity contribution in [2.24, 2.45) is 0 Å². The molecule has 0 amide bonds. The summed E-state index contributed by atoms with van der Waals surface area (Å²) in [6.07, 6.45) is 7.12. The first-order valence-corrected chi connectivity index (χ1v) is 19.9. The highest BCUT2D eigenvalue weighted by Crippen LogP contribution is 2.39. The first-order chi connectivity index (χ1) is 25.0. The smallest absolute Gasteiger partial charge is 0.0581 e. The summed E-state index contributed by atoms with van der Waals surface area (Å²) in [4.78, 5) is 7.39. The molecule has 0 radical (unpaired) electrons. The SMILES string of the molecule is Brc1ccc2[nH]c3c(c2c1)CCCC3NC(c1ccccc1)c1ccccc1.C[C@@H](NC1CCCc2c1[nH]c1cc(Br)ccc21)c1ccccc1.Cl.Cl. The summed E-state index contributed by atoms with van der Waals surface area (Å²) in [5.74, 6) is 0. The van der Waals surface area contributed by atoms with E-state index in [-0.39, 0.29) is 30.9 Å². The van der Waals surface area contributed by atoms with E-state index in [9.17, 15) is 0 Å².